The highest BCUT2D eigenvalue weighted by atomic mass is 16.5. The first-order valence-electron chi connectivity index (χ1n) is 6.76. The summed E-state index contributed by atoms with van der Waals surface area (Å²) in [6.45, 7) is 6.69. The van der Waals surface area contributed by atoms with Gasteiger partial charge in [-0.1, -0.05) is 38.1 Å². The summed E-state index contributed by atoms with van der Waals surface area (Å²) >= 11 is 0. The Morgan fingerprint density at radius 3 is 2.84 bits per heavy atom. The first-order valence-corrected chi connectivity index (χ1v) is 6.76. The molecule has 2 N–H and O–H groups in total. The second kappa shape index (κ2) is 6.06. The number of nitrogens with two attached hydrogens (primary N) is 1. The van der Waals surface area contributed by atoms with Gasteiger partial charge in [-0.05, 0) is 17.0 Å². The zero-order valence-electron chi connectivity index (χ0n) is 12.0. The summed E-state index contributed by atoms with van der Waals surface area (Å²) in [5.74, 6) is 1.22. The first-order chi connectivity index (χ1) is 9.13. The van der Waals surface area contributed by atoms with Gasteiger partial charge in [-0.2, -0.15) is 0 Å². The molecular weight excluding hydrogens is 238 g/mol. The molecule has 0 saturated heterocycles. The molecule has 4 heteroatoms. The lowest BCUT2D eigenvalue weighted by Gasteiger charge is -2.29. The number of nitrogens with zero attached hydrogens (tertiary/aromatic N) is 2. The zero-order valence-corrected chi connectivity index (χ0v) is 12.0. The molecule has 4 nitrogen and oxygen atoms in total. The van der Waals surface area contributed by atoms with E-state index < -0.39 is 0 Å². The average Bonchev–Trinajstić information content (AvgIpc) is 2.72. The van der Waals surface area contributed by atoms with Crippen molar-refractivity contribution in [3.8, 4) is 0 Å². The van der Waals surface area contributed by atoms with Gasteiger partial charge in [-0.15, -0.1) is 0 Å². The number of guanidine groups is 1. The van der Waals surface area contributed by atoms with E-state index in [9.17, 15) is 0 Å². The predicted octanol–water partition coefficient (Wildman–Crippen LogP) is 2.16. The van der Waals surface area contributed by atoms with Gasteiger partial charge in [0.25, 0.3) is 0 Å². The molecule has 0 aromatic heterocycles. The van der Waals surface area contributed by atoms with E-state index in [0.717, 1.165) is 13.1 Å². The summed E-state index contributed by atoms with van der Waals surface area (Å²) in [5.41, 5.74) is 8.51. The third kappa shape index (κ3) is 3.07. The molecule has 0 radical (unpaired) electrons. The van der Waals surface area contributed by atoms with Gasteiger partial charge < -0.3 is 15.4 Å². The van der Waals surface area contributed by atoms with Gasteiger partial charge in [0.15, 0.2) is 5.96 Å². The highest BCUT2D eigenvalue weighted by Crippen LogP contribution is 2.29. The number of methoxy groups -OCH3 is 1. The topological polar surface area (TPSA) is 50.9 Å². The maximum Gasteiger partial charge on any atom is 0.191 e. The van der Waals surface area contributed by atoms with E-state index in [1.54, 1.807) is 7.11 Å². The summed E-state index contributed by atoms with van der Waals surface area (Å²) in [6, 6.07) is 8.62. The van der Waals surface area contributed by atoms with E-state index in [-0.39, 0.29) is 6.04 Å². The fourth-order valence-corrected chi connectivity index (χ4v) is 2.56. The Balaban J connectivity index is 2.26. The van der Waals surface area contributed by atoms with Crippen molar-refractivity contribution in [2.45, 2.75) is 26.5 Å². The standard InChI is InChI=1S/C15H23N3O/c1-11(2)9-18-14(8-17-15(18)16)13-7-5-4-6-12(13)10-19-3/h4-7,11,14H,8-10H2,1-3H3,(H2,16,17). The zero-order chi connectivity index (χ0) is 13.8. The molecule has 104 valence electrons. The van der Waals surface area contributed by atoms with Gasteiger partial charge in [-0.3, -0.25) is 4.99 Å². The van der Waals surface area contributed by atoms with Crippen LogP contribution >= 0.6 is 0 Å². The van der Waals surface area contributed by atoms with Crippen LogP contribution in [0, 0.1) is 5.92 Å². The van der Waals surface area contributed by atoms with Gasteiger partial charge in [0.05, 0.1) is 19.2 Å². The summed E-state index contributed by atoms with van der Waals surface area (Å²) in [4.78, 5) is 6.62. The number of hydrogen-bond donors (Lipinski definition) is 1. The number of benzene rings is 1. The third-order valence-electron chi connectivity index (χ3n) is 3.37. The summed E-state index contributed by atoms with van der Waals surface area (Å²) in [7, 11) is 1.72. The molecular formula is C15H23N3O. The normalized spacial score (nSPS) is 19.1. The Hall–Kier alpha value is -1.55. The maximum atomic E-state index is 6.02. The van der Waals surface area contributed by atoms with Crippen molar-refractivity contribution in [1.29, 1.82) is 0 Å². The van der Waals surface area contributed by atoms with Crippen molar-refractivity contribution in [1.82, 2.24) is 4.90 Å². The van der Waals surface area contributed by atoms with Crippen molar-refractivity contribution in [2.24, 2.45) is 16.6 Å². The summed E-state index contributed by atoms with van der Waals surface area (Å²) in [6.07, 6.45) is 0. The van der Waals surface area contributed by atoms with Crippen molar-refractivity contribution in [3.05, 3.63) is 35.4 Å². The molecule has 0 amide bonds. The molecule has 0 aliphatic carbocycles. The van der Waals surface area contributed by atoms with Crippen LogP contribution < -0.4 is 5.73 Å². The molecule has 1 unspecified atom stereocenters. The molecule has 0 saturated carbocycles. The van der Waals surface area contributed by atoms with Gasteiger partial charge in [0, 0.05) is 13.7 Å². The maximum absolute atomic E-state index is 6.02. The average molecular weight is 261 g/mol. The first kappa shape index (κ1) is 13.9. The van der Waals surface area contributed by atoms with E-state index in [0.29, 0.717) is 18.5 Å². The predicted molar refractivity (Wildman–Crippen MR) is 77.9 cm³/mol. The fourth-order valence-electron chi connectivity index (χ4n) is 2.56. The van der Waals surface area contributed by atoms with E-state index in [2.05, 4.69) is 41.9 Å². The smallest absolute Gasteiger partial charge is 0.191 e. The van der Waals surface area contributed by atoms with Crippen LogP contribution in [-0.2, 0) is 11.3 Å². The Labute approximate surface area is 115 Å². The molecule has 1 atom stereocenters. The van der Waals surface area contributed by atoms with Gasteiger partial charge in [-0.25, -0.2) is 0 Å². The van der Waals surface area contributed by atoms with Gasteiger partial charge in [0.1, 0.15) is 0 Å². The van der Waals surface area contributed by atoms with Crippen LogP contribution in [-0.4, -0.2) is 31.1 Å². The number of hydrogen-bond acceptors (Lipinski definition) is 4. The third-order valence-corrected chi connectivity index (χ3v) is 3.37. The monoisotopic (exact) mass is 261 g/mol. The lowest BCUT2D eigenvalue weighted by molar-refractivity contribution is 0.182. The molecule has 1 aromatic rings. The molecule has 19 heavy (non-hydrogen) atoms. The van der Waals surface area contributed by atoms with Crippen LogP contribution in [0.5, 0.6) is 0 Å². The number of aliphatic imine (C=N–C) groups is 1. The summed E-state index contributed by atoms with van der Waals surface area (Å²) < 4.78 is 5.28. The Bertz CT molecular complexity index is 456. The Morgan fingerprint density at radius 1 is 1.42 bits per heavy atom. The van der Waals surface area contributed by atoms with Crippen molar-refractivity contribution in [2.75, 3.05) is 20.2 Å². The van der Waals surface area contributed by atoms with Crippen LogP contribution in [0.4, 0.5) is 0 Å². The summed E-state index contributed by atoms with van der Waals surface area (Å²) in [5, 5.41) is 0. The van der Waals surface area contributed by atoms with Crippen LogP contribution in [0.2, 0.25) is 0 Å². The molecule has 2 rings (SSSR count). The molecule has 0 fully saturated rings. The van der Waals surface area contributed by atoms with Crippen molar-refractivity contribution in [3.63, 3.8) is 0 Å². The lowest BCUT2D eigenvalue weighted by atomic mass is 9.99. The molecule has 0 bridgehead atoms. The minimum atomic E-state index is 0.244. The SMILES string of the molecule is COCc1ccccc1C1CN=C(N)N1CC(C)C. The molecule has 1 aliphatic heterocycles. The van der Waals surface area contributed by atoms with Gasteiger partial charge in [0.2, 0.25) is 0 Å². The second-order valence-electron chi connectivity index (χ2n) is 5.39. The molecule has 1 aromatic carbocycles. The second-order valence-corrected chi connectivity index (χ2v) is 5.39. The Kier molecular flexibility index (Phi) is 4.43. The number of rotatable bonds is 5. The molecule has 1 aliphatic rings. The molecule has 1 heterocycles. The lowest BCUT2D eigenvalue weighted by Crippen LogP contribution is -2.38. The van der Waals surface area contributed by atoms with E-state index in [4.69, 9.17) is 10.5 Å². The highest BCUT2D eigenvalue weighted by Gasteiger charge is 2.29. The van der Waals surface area contributed by atoms with Crippen LogP contribution in [0.1, 0.15) is 31.0 Å². The van der Waals surface area contributed by atoms with E-state index >= 15 is 0 Å². The number of ether oxygens (including phenoxy) is 1. The van der Waals surface area contributed by atoms with E-state index in [1.165, 1.54) is 11.1 Å². The van der Waals surface area contributed by atoms with Crippen LogP contribution in [0.15, 0.2) is 29.3 Å². The highest BCUT2D eigenvalue weighted by molar-refractivity contribution is 5.80. The van der Waals surface area contributed by atoms with Crippen LogP contribution in [0.25, 0.3) is 0 Å². The van der Waals surface area contributed by atoms with Crippen molar-refractivity contribution < 1.29 is 4.74 Å². The van der Waals surface area contributed by atoms with Gasteiger partial charge >= 0.3 is 0 Å². The minimum absolute atomic E-state index is 0.244. The van der Waals surface area contributed by atoms with E-state index in [1.807, 2.05) is 6.07 Å². The quantitative estimate of drug-likeness (QED) is 0.883. The van der Waals surface area contributed by atoms with Crippen LogP contribution in [0.3, 0.4) is 0 Å². The largest absolute Gasteiger partial charge is 0.380 e. The molecule has 0 spiro atoms. The van der Waals surface area contributed by atoms with Crippen molar-refractivity contribution >= 4 is 5.96 Å². The minimum Gasteiger partial charge on any atom is -0.380 e. The Morgan fingerprint density at radius 2 is 2.16 bits per heavy atom. The fraction of sp³-hybridized carbons (Fsp3) is 0.533.